The number of hydrogen-bond acceptors (Lipinski definition) is 2. The lowest BCUT2D eigenvalue weighted by molar-refractivity contribution is 0.339. The Morgan fingerprint density at radius 2 is 1.75 bits per heavy atom. The van der Waals surface area contributed by atoms with Crippen molar-refractivity contribution >= 4 is 12.2 Å². The van der Waals surface area contributed by atoms with Crippen molar-refractivity contribution in [3.05, 3.63) is 65.1 Å². The van der Waals surface area contributed by atoms with Gasteiger partial charge in [0.05, 0.1) is 23.7 Å². The predicted octanol–water partition coefficient (Wildman–Crippen LogP) is 5.52. The van der Waals surface area contributed by atoms with Crippen LogP contribution in [0.1, 0.15) is 69.5 Å². The van der Waals surface area contributed by atoms with Crippen molar-refractivity contribution in [3.63, 3.8) is 0 Å². The first-order valence-electron chi connectivity index (χ1n) is 11.7. The van der Waals surface area contributed by atoms with Crippen molar-refractivity contribution in [2.24, 2.45) is 0 Å². The van der Waals surface area contributed by atoms with Gasteiger partial charge in [0, 0.05) is 16.9 Å². The van der Waals surface area contributed by atoms with E-state index in [0.717, 1.165) is 40.6 Å². The molecule has 3 N–H and O–H groups in total. The monoisotopic (exact) mass is 430 g/mol. The third-order valence-electron chi connectivity index (χ3n) is 5.51. The molecule has 0 saturated heterocycles. The van der Waals surface area contributed by atoms with Crippen LogP contribution in [0.4, 0.5) is 0 Å². The molecule has 0 unspecified atom stereocenters. The summed E-state index contributed by atoms with van der Waals surface area (Å²) in [6.45, 7) is 6.19. The minimum Gasteiger partial charge on any atom is -0.490 e. The van der Waals surface area contributed by atoms with Crippen LogP contribution in [-0.2, 0) is 0 Å². The average molecular weight is 431 g/mol. The van der Waals surface area contributed by atoms with E-state index < -0.39 is 0 Å². The summed E-state index contributed by atoms with van der Waals surface area (Å²) in [7, 11) is 0. The third kappa shape index (κ3) is 6.31. The molecule has 5 heteroatoms. The molecule has 0 saturated carbocycles. The smallest absolute Gasteiger partial charge is 0.162 e. The lowest BCUT2D eigenvalue weighted by Gasteiger charge is -2.02. The van der Waals surface area contributed by atoms with Crippen LogP contribution in [0.2, 0.25) is 0 Å². The second-order valence-electron chi connectivity index (χ2n) is 7.95. The Labute approximate surface area is 190 Å². The van der Waals surface area contributed by atoms with Gasteiger partial charge in [-0.05, 0) is 62.9 Å². The maximum absolute atomic E-state index is 9.73. The van der Waals surface area contributed by atoms with Crippen molar-refractivity contribution in [3.8, 4) is 23.2 Å². The fraction of sp³-hybridized carbons (Fsp3) is 0.370. The molecule has 168 valence electrons. The molecule has 0 aliphatic rings. The standard InChI is InChI=1S/C27H34N4O/c1-3-5-6-7-8-9-10-11-12-14-21-16-17-22(30-21)19-25-27(32-4-2)23(20-28)26(31-25)24-15-13-18-29-24/h3,13-19,29-31H,1,4-12H2,2H3. The largest absolute Gasteiger partial charge is 0.490 e. The molecular weight excluding hydrogens is 396 g/mol. The fourth-order valence-electron chi connectivity index (χ4n) is 3.88. The Kier molecular flexibility index (Phi) is 9.06. The number of allylic oxidation sites excluding steroid dienone is 1. The first-order chi connectivity index (χ1) is 15.8. The van der Waals surface area contributed by atoms with E-state index in [9.17, 15) is 5.26 Å². The summed E-state index contributed by atoms with van der Waals surface area (Å²) in [5, 5.41) is 11.8. The molecule has 32 heavy (non-hydrogen) atoms. The fourth-order valence-corrected chi connectivity index (χ4v) is 3.88. The van der Waals surface area contributed by atoms with Crippen LogP contribution in [-0.4, -0.2) is 21.6 Å². The van der Waals surface area contributed by atoms with Gasteiger partial charge in [0.1, 0.15) is 11.6 Å². The van der Waals surface area contributed by atoms with Gasteiger partial charge in [-0.3, -0.25) is 0 Å². The van der Waals surface area contributed by atoms with Gasteiger partial charge < -0.3 is 19.7 Å². The second kappa shape index (κ2) is 12.5. The van der Waals surface area contributed by atoms with Gasteiger partial charge >= 0.3 is 0 Å². The molecule has 3 aromatic heterocycles. The van der Waals surface area contributed by atoms with E-state index in [0.29, 0.717) is 17.9 Å². The van der Waals surface area contributed by atoms with E-state index in [-0.39, 0.29) is 0 Å². The minimum absolute atomic E-state index is 0.496. The zero-order chi connectivity index (χ0) is 22.6. The highest BCUT2D eigenvalue weighted by Crippen LogP contribution is 2.33. The summed E-state index contributed by atoms with van der Waals surface area (Å²) < 4.78 is 5.82. The molecule has 5 nitrogen and oxygen atoms in total. The zero-order valence-electron chi connectivity index (χ0n) is 19.0. The Morgan fingerprint density at radius 1 is 1.00 bits per heavy atom. The molecule has 0 spiro atoms. The van der Waals surface area contributed by atoms with Crippen LogP contribution in [0.15, 0.2) is 43.1 Å². The average Bonchev–Trinajstić information content (AvgIpc) is 3.54. The number of unbranched alkanes of at least 4 members (excludes halogenated alkanes) is 7. The third-order valence-corrected chi connectivity index (χ3v) is 5.51. The molecular formula is C27H34N4O. The van der Waals surface area contributed by atoms with E-state index in [1.165, 1.54) is 38.5 Å². The van der Waals surface area contributed by atoms with Gasteiger partial charge in [-0.15, -0.1) is 6.58 Å². The van der Waals surface area contributed by atoms with Gasteiger partial charge in [-0.1, -0.05) is 37.8 Å². The summed E-state index contributed by atoms with van der Waals surface area (Å²) in [5.74, 6) is 0.591. The van der Waals surface area contributed by atoms with E-state index in [1.54, 1.807) is 0 Å². The Hall–Kier alpha value is -3.39. The Bertz CT molecular complexity index is 1130. The van der Waals surface area contributed by atoms with Crippen LogP contribution in [0.3, 0.4) is 0 Å². The summed E-state index contributed by atoms with van der Waals surface area (Å²) in [6.07, 6.45) is 18.0. The van der Waals surface area contributed by atoms with Gasteiger partial charge in [0.25, 0.3) is 0 Å². The minimum atomic E-state index is 0.496. The van der Waals surface area contributed by atoms with Crippen molar-refractivity contribution in [1.82, 2.24) is 15.0 Å². The Morgan fingerprint density at radius 3 is 2.44 bits per heavy atom. The molecule has 0 atom stereocenters. The van der Waals surface area contributed by atoms with Gasteiger partial charge in [-0.2, -0.15) is 5.26 Å². The number of H-pyrrole nitrogens is 3. The summed E-state index contributed by atoms with van der Waals surface area (Å²) in [5.41, 5.74) is 2.92. The first kappa shape index (κ1) is 23.3. The number of ether oxygens (including phenoxy) is 1. The van der Waals surface area contributed by atoms with Crippen LogP contribution in [0, 0.1) is 11.3 Å². The van der Waals surface area contributed by atoms with E-state index in [4.69, 9.17) is 4.74 Å². The van der Waals surface area contributed by atoms with Crippen molar-refractivity contribution in [2.75, 3.05) is 6.61 Å². The molecule has 0 amide bonds. The number of nitriles is 1. The van der Waals surface area contributed by atoms with Gasteiger partial charge in [0.15, 0.2) is 5.75 Å². The topological polar surface area (TPSA) is 80.4 Å². The predicted molar refractivity (Wildman–Crippen MR) is 132 cm³/mol. The molecule has 3 aromatic rings. The van der Waals surface area contributed by atoms with Crippen LogP contribution in [0.25, 0.3) is 23.5 Å². The van der Waals surface area contributed by atoms with Gasteiger partial charge in [0.2, 0.25) is 0 Å². The Balaban J connectivity index is 1.67. The van der Waals surface area contributed by atoms with E-state index in [2.05, 4.69) is 45.8 Å². The second-order valence-corrected chi connectivity index (χ2v) is 7.95. The SMILES string of the molecule is C=CCCCCCCCCC=c1ccc(=Cc2[nH]c(-c3ccc[nH]3)c(C#N)c2OCC)[nH]1. The molecule has 3 heterocycles. The molecule has 0 fully saturated rings. The summed E-state index contributed by atoms with van der Waals surface area (Å²) in [6, 6.07) is 10.3. The molecule has 0 aromatic carbocycles. The number of nitrogens with zero attached hydrogens (tertiary/aromatic N) is 1. The van der Waals surface area contributed by atoms with Crippen molar-refractivity contribution < 1.29 is 4.74 Å². The maximum Gasteiger partial charge on any atom is 0.162 e. The number of aromatic amines is 3. The normalized spacial score (nSPS) is 12.2. The number of rotatable bonds is 13. The highest BCUT2D eigenvalue weighted by Gasteiger charge is 2.19. The number of nitrogens with one attached hydrogen (secondary N) is 3. The van der Waals surface area contributed by atoms with Crippen molar-refractivity contribution in [1.29, 1.82) is 5.26 Å². The quantitative estimate of drug-likeness (QED) is 0.246. The highest BCUT2D eigenvalue weighted by atomic mass is 16.5. The maximum atomic E-state index is 9.73. The van der Waals surface area contributed by atoms with Crippen LogP contribution >= 0.6 is 0 Å². The van der Waals surface area contributed by atoms with E-state index in [1.807, 2.05) is 37.4 Å². The molecule has 0 radical (unpaired) electrons. The lowest BCUT2D eigenvalue weighted by atomic mass is 10.1. The van der Waals surface area contributed by atoms with Gasteiger partial charge in [-0.25, -0.2) is 0 Å². The van der Waals surface area contributed by atoms with Crippen LogP contribution < -0.4 is 15.4 Å². The number of hydrogen-bond donors (Lipinski definition) is 3. The summed E-state index contributed by atoms with van der Waals surface area (Å²) in [4.78, 5) is 9.97. The first-order valence-corrected chi connectivity index (χ1v) is 11.7. The van der Waals surface area contributed by atoms with Crippen LogP contribution in [0.5, 0.6) is 5.75 Å². The zero-order valence-corrected chi connectivity index (χ0v) is 19.0. The molecule has 0 aliphatic heterocycles. The van der Waals surface area contributed by atoms with E-state index >= 15 is 0 Å². The molecule has 3 rings (SSSR count). The number of aromatic nitrogens is 3. The lowest BCUT2D eigenvalue weighted by Crippen LogP contribution is -2.09. The molecule has 0 aliphatic carbocycles. The molecule has 0 bridgehead atoms. The summed E-state index contributed by atoms with van der Waals surface area (Å²) >= 11 is 0. The van der Waals surface area contributed by atoms with Crippen molar-refractivity contribution in [2.45, 2.75) is 58.3 Å². The highest BCUT2D eigenvalue weighted by molar-refractivity contribution is 5.74.